The summed E-state index contributed by atoms with van der Waals surface area (Å²) in [5.41, 5.74) is 0.813. The van der Waals surface area contributed by atoms with Gasteiger partial charge in [-0.25, -0.2) is 19.7 Å². The maximum Gasteiger partial charge on any atom is 0.274 e. The van der Waals surface area contributed by atoms with Gasteiger partial charge >= 0.3 is 0 Å². The second-order valence-electron chi connectivity index (χ2n) is 11.1. The van der Waals surface area contributed by atoms with Crippen LogP contribution in [-0.4, -0.2) is 39.5 Å². The van der Waals surface area contributed by atoms with Crippen LogP contribution in [0.5, 0.6) is 0 Å². The SMILES string of the molecule is [C-]#[N+][C@@H]1CCN(C(=O)c2cccc(-c3ncc(C)c(-n4c(C)cc([C@H]5C[C@@H]5c5ccc(F)cc5)c(Cl)c4=O)c3F)c2F)C1. The van der Waals surface area contributed by atoms with Crippen LogP contribution in [0.25, 0.3) is 21.8 Å². The van der Waals surface area contributed by atoms with Crippen LogP contribution in [0.1, 0.15) is 57.4 Å². The van der Waals surface area contributed by atoms with Crippen LogP contribution in [0.3, 0.4) is 0 Å². The largest absolute Gasteiger partial charge is 0.330 e. The predicted octanol–water partition coefficient (Wildman–Crippen LogP) is 6.99. The highest BCUT2D eigenvalue weighted by atomic mass is 35.5. The van der Waals surface area contributed by atoms with E-state index >= 15 is 8.78 Å². The van der Waals surface area contributed by atoms with E-state index in [4.69, 9.17) is 18.2 Å². The van der Waals surface area contributed by atoms with Crippen molar-refractivity contribution in [2.24, 2.45) is 0 Å². The summed E-state index contributed by atoms with van der Waals surface area (Å²) in [6.45, 7) is 11.0. The van der Waals surface area contributed by atoms with Crippen LogP contribution in [-0.2, 0) is 0 Å². The van der Waals surface area contributed by atoms with Gasteiger partial charge < -0.3 is 9.74 Å². The number of carbonyl (C=O) groups is 1. The minimum Gasteiger partial charge on any atom is -0.330 e. The van der Waals surface area contributed by atoms with Crippen molar-refractivity contribution in [1.29, 1.82) is 0 Å². The molecule has 1 aliphatic heterocycles. The van der Waals surface area contributed by atoms with Crippen LogP contribution in [0.2, 0.25) is 5.02 Å². The zero-order valence-corrected chi connectivity index (χ0v) is 24.1. The minimum atomic E-state index is -0.932. The number of pyridine rings is 2. The smallest absolute Gasteiger partial charge is 0.274 e. The third kappa shape index (κ3) is 5.00. The van der Waals surface area contributed by atoms with E-state index in [0.717, 1.165) is 12.0 Å². The Hall–Kier alpha value is -4.42. The summed E-state index contributed by atoms with van der Waals surface area (Å²) in [6.07, 6.45) is 2.60. The lowest BCUT2D eigenvalue weighted by Gasteiger charge is -2.19. The fourth-order valence-electron chi connectivity index (χ4n) is 6.01. The zero-order valence-electron chi connectivity index (χ0n) is 23.4. The highest BCUT2D eigenvalue weighted by Gasteiger charge is 2.41. The summed E-state index contributed by atoms with van der Waals surface area (Å²) in [4.78, 5) is 35.8. The Bertz CT molecular complexity index is 1880. The molecule has 1 amide bonds. The number of nitrogens with zero attached hydrogens (tertiary/aromatic N) is 4. The first kappa shape index (κ1) is 28.7. The molecule has 3 heterocycles. The number of hydrogen-bond donors (Lipinski definition) is 0. The molecule has 2 aliphatic rings. The van der Waals surface area contributed by atoms with Crippen LogP contribution in [0.15, 0.2) is 59.5 Å². The first-order chi connectivity index (χ1) is 20.6. The molecule has 2 aromatic carbocycles. The van der Waals surface area contributed by atoms with Gasteiger partial charge in [-0.15, -0.1) is 0 Å². The molecule has 4 aromatic rings. The van der Waals surface area contributed by atoms with Gasteiger partial charge in [0, 0.05) is 30.4 Å². The normalized spacial score (nSPS) is 19.4. The molecule has 0 radical (unpaired) electrons. The molecule has 0 bridgehead atoms. The molecule has 6 nitrogen and oxygen atoms in total. The quantitative estimate of drug-likeness (QED) is 0.231. The van der Waals surface area contributed by atoms with Crippen molar-refractivity contribution in [1.82, 2.24) is 14.5 Å². The Labute approximate surface area is 251 Å². The summed E-state index contributed by atoms with van der Waals surface area (Å²) in [7, 11) is 0. The molecule has 3 atom stereocenters. The molecule has 218 valence electrons. The van der Waals surface area contributed by atoms with E-state index in [-0.39, 0.29) is 57.8 Å². The third-order valence-corrected chi connectivity index (χ3v) is 8.75. The van der Waals surface area contributed by atoms with E-state index in [1.807, 2.05) is 0 Å². The van der Waals surface area contributed by atoms with Crippen LogP contribution >= 0.6 is 11.6 Å². The van der Waals surface area contributed by atoms with Crippen LogP contribution in [0.4, 0.5) is 13.2 Å². The van der Waals surface area contributed by atoms with E-state index in [0.29, 0.717) is 29.8 Å². The minimum absolute atomic E-state index is 0.0343. The molecule has 2 fully saturated rings. The first-order valence-corrected chi connectivity index (χ1v) is 14.3. The molecule has 1 saturated carbocycles. The predicted molar refractivity (Wildman–Crippen MR) is 157 cm³/mol. The lowest BCUT2D eigenvalue weighted by Crippen LogP contribution is -2.30. The summed E-state index contributed by atoms with van der Waals surface area (Å²) in [5.74, 6) is -2.71. The second-order valence-corrected chi connectivity index (χ2v) is 11.5. The number of rotatable bonds is 5. The molecule has 2 aromatic heterocycles. The highest BCUT2D eigenvalue weighted by molar-refractivity contribution is 6.31. The average Bonchev–Trinajstić information content (AvgIpc) is 3.63. The molecule has 43 heavy (non-hydrogen) atoms. The Balaban J connectivity index is 1.38. The fourth-order valence-corrected chi connectivity index (χ4v) is 6.29. The number of hydrogen-bond acceptors (Lipinski definition) is 3. The maximum absolute atomic E-state index is 16.3. The molecule has 0 N–H and O–H groups in total. The van der Waals surface area contributed by atoms with E-state index in [2.05, 4.69) is 9.83 Å². The standard InChI is InChI=1S/C33H26ClF3N4O2/c1-17-15-39-30(22-5-4-6-23(28(22)36)32(42)40-12-11-21(16-40)38-3)29(37)31(17)41-18(2)13-26(27(34)33(41)43)25-14-24(25)19-7-9-20(35)10-8-19/h4-10,13,15,21,24-25H,11-12,14,16H2,1-2H3/t21-,24-,25+/m1/s1. The Morgan fingerprint density at radius 1 is 1.07 bits per heavy atom. The van der Waals surface area contributed by atoms with Crippen molar-refractivity contribution >= 4 is 17.5 Å². The van der Waals surface area contributed by atoms with Crippen molar-refractivity contribution < 1.29 is 18.0 Å². The van der Waals surface area contributed by atoms with Crippen molar-refractivity contribution in [3.8, 4) is 16.9 Å². The van der Waals surface area contributed by atoms with Gasteiger partial charge in [-0.2, -0.15) is 0 Å². The molecule has 6 rings (SSSR count). The van der Waals surface area contributed by atoms with Gasteiger partial charge in [0.05, 0.1) is 17.8 Å². The zero-order chi connectivity index (χ0) is 30.6. The van der Waals surface area contributed by atoms with Gasteiger partial charge in [-0.1, -0.05) is 29.8 Å². The Morgan fingerprint density at radius 3 is 2.51 bits per heavy atom. The fraction of sp³-hybridized carbons (Fsp3) is 0.273. The monoisotopic (exact) mass is 602 g/mol. The number of carbonyl (C=O) groups excluding carboxylic acids is 1. The van der Waals surface area contributed by atoms with E-state index < -0.39 is 23.1 Å². The molecule has 1 saturated heterocycles. The first-order valence-electron chi connectivity index (χ1n) is 13.9. The van der Waals surface area contributed by atoms with Crippen molar-refractivity contribution in [2.75, 3.05) is 13.1 Å². The van der Waals surface area contributed by atoms with Crippen LogP contribution < -0.4 is 5.56 Å². The van der Waals surface area contributed by atoms with Gasteiger partial charge in [-0.05, 0) is 79.1 Å². The Kier molecular flexibility index (Phi) is 7.35. The van der Waals surface area contributed by atoms with Gasteiger partial charge in [0.15, 0.2) is 5.82 Å². The maximum atomic E-state index is 16.3. The van der Waals surface area contributed by atoms with Gasteiger partial charge in [0.25, 0.3) is 11.5 Å². The summed E-state index contributed by atoms with van der Waals surface area (Å²) < 4.78 is 46.7. The number of likely N-dealkylation sites (tertiary alicyclic amines) is 1. The van der Waals surface area contributed by atoms with E-state index in [9.17, 15) is 14.0 Å². The lowest BCUT2D eigenvalue weighted by atomic mass is 10.0. The summed E-state index contributed by atoms with van der Waals surface area (Å²) in [6, 6.07) is 11.8. The number of aromatic nitrogens is 2. The topological polar surface area (TPSA) is 59.6 Å². The Morgan fingerprint density at radius 2 is 1.81 bits per heavy atom. The highest BCUT2D eigenvalue weighted by Crippen LogP contribution is 2.55. The molecule has 0 spiro atoms. The second kappa shape index (κ2) is 11.0. The third-order valence-electron chi connectivity index (χ3n) is 8.37. The van der Waals surface area contributed by atoms with E-state index in [1.165, 1.54) is 46.0 Å². The number of aryl methyl sites for hydroxylation is 2. The molecular formula is C33H26ClF3N4O2. The van der Waals surface area contributed by atoms with Crippen molar-refractivity contribution in [2.45, 2.75) is 44.6 Å². The van der Waals surface area contributed by atoms with Gasteiger partial charge in [0.1, 0.15) is 22.4 Å². The van der Waals surface area contributed by atoms with E-state index in [1.54, 1.807) is 32.0 Å². The van der Waals surface area contributed by atoms with Crippen molar-refractivity contribution in [3.63, 3.8) is 0 Å². The summed E-state index contributed by atoms with van der Waals surface area (Å²) in [5, 5.41) is -0.0421. The number of benzene rings is 2. The molecule has 10 heteroatoms. The van der Waals surface area contributed by atoms with Crippen molar-refractivity contribution in [3.05, 3.63) is 127 Å². The van der Waals surface area contributed by atoms with Gasteiger partial charge in [-0.3, -0.25) is 19.1 Å². The number of amides is 1. The molecular weight excluding hydrogens is 577 g/mol. The number of halogens is 4. The molecule has 0 unspecified atom stereocenters. The van der Waals surface area contributed by atoms with Gasteiger partial charge in [0.2, 0.25) is 6.04 Å². The summed E-state index contributed by atoms with van der Waals surface area (Å²) >= 11 is 6.61. The molecule has 1 aliphatic carbocycles. The lowest BCUT2D eigenvalue weighted by molar-refractivity contribution is 0.0787. The van der Waals surface area contributed by atoms with Crippen LogP contribution in [0, 0.1) is 37.9 Å². The average molecular weight is 603 g/mol.